The van der Waals surface area contributed by atoms with E-state index in [4.69, 9.17) is 10.5 Å². The number of methoxy groups -OCH3 is 1. The summed E-state index contributed by atoms with van der Waals surface area (Å²) in [5, 5.41) is 0. The lowest BCUT2D eigenvalue weighted by atomic mass is 9.98. The number of hydrogen-bond acceptors (Lipinski definition) is 2. The molecule has 0 aromatic heterocycles. The predicted octanol–water partition coefficient (Wildman–Crippen LogP) is 3.38. The normalized spacial score (nSPS) is 12.5. The van der Waals surface area contributed by atoms with Gasteiger partial charge in [-0.15, -0.1) is 0 Å². The minimum atomic E-state index is 0.675. The summed E-state index contributed by atoms with van der Waals surface area (Å²) in [5.74, 6) is 1.65. The van der Waals surface area contributed by atoms with Gasteiger partial charge in [0.15, 0.2) is 0 Å². The Hall–Kier alpha value is -0.540. The van der Waals surface area contributed by atoms with Crippen LogP contribution in [0.2, 0.25) is 0 Å². The van der Waals surface area contributed by atoms with Gasteiger partial charge in [0.25, 0.3) is 0 Å². The van der Waals surface area contributed by atoms with Crippen LogP contribution in [-0.2, 0) is 6.42 Å². The van der Waals surface area contributed by atoms with Crippen molar-refractivity contribution in [2.45, 2.75) is 26.2 Å². The minimum absolute atomic E-state index is 0.675. The zero-order chi connectivity index (χ0) is 12.0. The molecule has 0 aliphatic carbocycles. The van der Waals surface area contributed by atoms with Crippen molar-refractivity contribution in [3.05, 3.63) is 28.2 Å². The van der Waals surface area contributed by atoms with Gasteiger partial charge in [0, 0.05) is 4.47 Å². The minimum Gasteiger partial charge on any atom is -0.496 e. The van der Waals surface area contributed by atoms with Gasteiger partial charge in [0.05, 0.1) is 7.11 Å². The molecule has 1 aromatic carbocycles. The maximum atomic E-state index is 5.55. The van der Waals surface area contributed by atoms with E-state index in [1.807, 2.05) is 12.1 Å². The molecule has 2 N–H and O–H groups in total. The van der Waals surface area contributed by atoms with Crippen molar-refractivity contribution < 1.29 is 4.74 Å². The molecule has 0 fully saturated rings. The molecule has 0 spiro atoms. The number of benzene rings is 1. The topological polar surface area (TPSA) is 35.2 Å². The molecule has 1 atom stereocenters. The predicted molar refractivity (Wildman–Crippen MR) is 71.9 cm³/mol. The molecule has 90 valence electrons. The molecule has 0 saturated heterocycles. The Balaban J connectivity index is 2.61. The molecule has 0 amide bonds. The van der Waals surface area contributed by atoms with Crippen molar-refractivity contribution in [2.75, 3.05) is 13.7 Å². The maximum Gasteiger partial charge on any atom is 0.122 e. The number of halogens is 1. The quantitative estimate of drug-likeness (QED) is 0.870. The SMILES string of the molecule is COc1ccc(Br)cc1CCC(C)CCN. The van der Waals surface area contributed by atoms with Gasteiger partial charge in [-0.1, -0.05) is 22.9 Å². The van der Waals surface area contributed by atoms with Crippen LogP contribution in [-0.4, -0.2) is 13.7 Å². The average molecular weight is 286 g/mol. The van der Waals surface area contributed by atoms with Crippen LogP contribution in [0.3, 0.4) is 0 Å². The van der Waals surface area contributed by atoms with Gasteiger partial charge in [-0.25, -0.2) is 0 Å². The lowest BCUT2D eigenvalue weighted by Gasteiger charge is -2.12. The van der Waals surface area contributed by atoms with Crippen LogP contribution >= 0.6 is 15.9 Å². The molecule has 16 heavy (non-hydrogen) atoms. The molecule has 0 saturated carbocycles. The van der Waals surface area contributed by atoms with E-state index in [0.717, 1.165) is 36.0 Å². The van der Waals surface area contributed by atoms with Gasteiger partial charge in [-0.3, -0.25) is 0 Å². The number of aryl methyl sites for hydroxylation is 1. The summed E-state index contributed by atoms with van der Waals surface area (Å²) in [5.41, 5.74) is 6.81. The van der Waals surface area contributed by atoms with Crippen molar-refractivity contribution in [1.82, 2.24) is 0 Å². The van der Waals surface area contributed by atoms with E-state index in [2.05, 4.69) is 28.9 Å². The standard InChI is InChI=1S/C13H20BrNO/c1-10(7-8-15)3-4-11-9-12(14)5-6-13(11)16-2/h5-6,9-10H,3-4,7-8,15H2,1-2H3. The van der Waals surface area contributed by atoms with Crippen LogP contribution in [0.25, 0.3) is 0 Å². The molecule has 1 unspecified atom stereocenters. The summed E-state index contributed by atoms with van der Waals surface area (Å²) in [4.78, 5) is 0. The van der Waals surface area contributed by atoms with E-state index >= 15 is 0 Å². The van der Waals surface area contributed by atoms with Crippen molar-refractivity contribution in [3.8, 4) is 5.75 Å². The van der Waals surface area contributed by atoms with E-state index in [1.54, 1.807) is 7.11 Å². The highest BCUT2D eigenvalue weighted by Crippen LogP contribution is 2.25. The van der Waals surface area contributed by atoms with Gasteiger partial charge in [0.1, 0.15) is 5.75 Å². The van der Waals surface area contributed by atoms with E-state index < -0.39 is 0 Å². The van der Waals surface area contributed by atoms with Crippen LogP contribution in [0.15, 0.2) is 22.7 Å². The highest BCUT2D eigenvalue weighted by molar-refractivity contribution is 9.10. The Morgan fingerprint density at radius 3 is 2.75 bits per heavy atom. The van der Waals surface area contributed by atoms with Crippen molar-refractivity contribution in [3.63, 3.8) is 0 Å². The fraction of sp³-hybridized carbons (Fsp3) is 0.538. The second kappa shape index (κ2) is 6.92. The second-order valence-electron chi connectivity index (χ2n) is 4.18. The van der Waals surface area contributed by atoms with Crippen molar-refractivity contribution >= 4 is 15.9 Å². The molecule has 0 aliphatic rings. The first-order valence-corrected chi connectivity index (χ1v) is 6.49. The summed E-state index contributed by atoms with van der Waals surface area (Å²) < 4.78 is 6.45. The molecule has 0 radical (unpaired) electrons. The van der Waals surface area contributed by atoms with Gasteiger partial charge < -0.3 is 10.5 Å². The van der Waals surface area contributed by atoms with Crippen molar-refractivity contribution in [2.24, 2.45) is 11.7 Å². The Morgan fingerprint density at radius 1 is 1.38 bits per heavy atom. The van der Waals surface area contributed by atoms with E-state index in [1.165, 1.54) is 5.56 Å². The monoisotopic (exact) mass is 285 g/mol. The Morgan fingerprint density at radius 2 is 2.12 bits per heavy atom. The van der Waals surface area contributed by atoms with Gasteiger partial charge in [-0.2, -0.15) is 0 Å². The highest BCUT2D eigenvalue weighted by atomic mass is 79.9. The summed E-state index contributed by atoms with van der Waals surface area (Å²) in [7, 11) is 1.72. The molecule has 2 nitrogen and oxygen atoms in total. The Kier molecular flexibility index (Phi) is 5.85. The first-order valence-electron chi connectivity index (χ1n) is 5.70. The molecular weight excluding hydrogens is 266 g/mol. The van der Waals surface area contributed by atoms with E-state index in [-0.39, 0.29) is 0 Å². The molecule has 0 heterocycles. The van der Waals surface area contributed by atoms with Gasteiger partial charge in [0.2, 0.25) is 0 Å². The summed E-state index contributed by atoms with van der Waals surface area (Å²) in [6.45, 7) is 3.02. The van der Waals surface area contributed by atoms with Crippen LogP contribution in [0.1, 0.15) is 25.3 Å². The lowest BCUT2D eigenvalue weighted by molar-refractivity contribution is 0.405. The fourth-order valence-electron chi connectivity index (χ4n) is 1.77. The smallest absolute Gasteiger partial charge is 0.122 e. The van der Waals surface area contributed by atoms with Gasteiger partial charge in [-0.05, 0) is 55.5 Å². The Labute approximate surface area is 106 Å². The van der Waals surface area contributed by atoms with Crippen LogP contribution < -0.4 is 10.5 Å². The molecular formula is C13H20BrNO. The van der Waals surface area contributed by atoms with E-state index in [0.29, 0.717) is 5.92 Å². The third-order valence-electron chi connectivity index (χ3n) is 2.81. The zero-order valence-electron chi connectivity index (χ0n) is 10.0. The Bertz CT molecular complexity index is 328. The van der Waals surface area contributed by atoms with Crippen LogP contribution in [0.4, 0.5) is 0 Å². The number of hydrogen-bond donors (Lipinski definition) is 1. The van der Waals surface area contributed by atoms with E-state index in [9.17, 15) is 0 Å². The molecule has 3 heteroatoms. The maximum absolute atomic E-state index is 5.55. The molecule has 0 aliphatic heterocycles. The molecule has 1 rings (SSSR count). The fourth-order valence-corrected chi connectivity index (χ4v) is 2.18. The third-order valence-corrected chi connectivity index (χ3v) is 3.30. The first-order chi connectivity index (χ1) is 7.67. The third kappa shape index (κ3) is 4.14. The summed E-state index contributed by atoms with van der Waals surface area (Å²) in [6.07, 6.45) is 3.30. The number of nitrogens with two attached hydrogens (primary N) is 1. The molecule has 0 bridgehead atoms. The first kappa shape index (κ1) is 13.5. The average Bonchev–Trinajstić information content (AvgIpc) is 2.27. The second-order valence-corrected chi connectivity index (χ2v) is 5.09. The molecule has 1 aromatic rings. The summed E-state index contributed by atoms with van der Waals surface area (Å²) in [6, 6.07) is 6.15. The zero-order valence-corrected chi connectivity index (χ0v) is 11.6. The largest absolute Gasteiger partial charge is 0.496 e. The van der Waals surface area contributed by atoms with Crippen molar-refractivity contribution in [1.29, 1.82) is 0 Å². The lowest BCUT2D eigenvalue weighted by Crippen LogP contribution is -2.06. The van der Waals surface area contributed by atoms with Crippen LogP contribution in [0.5, 0.6) is 5.75 Å². The van der Waals surface area contributed by atoms with Crippen LogP contribution in [0, 0.1) is 5.92 Å². The summed E-state index contributed by atoms with van der Waals surface area (Å²) >= 11 is 3.49. The number of rotatable bonds is 6. The number of ether oxygens (including phenoxy) is 1. The highest BCUT2D eigenvalue weighted by Gasteiger charge is 2.06. The van der Waals surface area contributed by atoms with Gasteiger partial charge >= 0.3 is 0 Å².